The van der Waals surface area contributed by atoms with Gasteiger partial charge in [-0.05, 0) is 0 Å². The van der Waals surface area contributed by atoms with E-state index in [9.17, 15) is 0 Å². The van der Waals surface area contributed by atoms with Gasteiger partial charge in [0.2, 0.25) is 0 Å². The van der Waals surface area contributed by atoms with E-state index in [2.05, 4.69) is 97.1 Å². The van der Waals surface area contributed by atoms with Crippen LogP contribution in [0.4, 0.5) is 0 Å². The summed E-state index contributed by atoms with van der Waals surface area (Å²) in [5, 5.41) is 5.32. The number of benzene rings is 4. The van der Waals surface area contributed by atoms with Crippen LogP contribution < -0.4 is 0 Å². The average molecular weight is 549 g/mol. The van der Waals surface area contributed by atoms with Crippen molar-refractivity contribution >= 4 is 46.4 Å². The molecule has 0 aliphatic carbocycles. The third-order valence-corrected chi connectivity index (χ3v) is 4.31. The molecule has 0 aliphatic rings. The molecule has 0 saturated heterocycles. The number of hydrogen-bond donors (Lipinski definition) is 0. The Hall–Kier alpha value is -2.44. The molecule has 0 aromatic heterocycles. The first-order valence-corrected chi connectivity index (χ1v) is 9.96. The number of hydrogen-bond acceptors (Lipinski definition) is 0. The Morgan fingerprint density at radius 3 is 1.06 bits per heavy atom. The maximum Gasteiger partial charge on any atom is 4.00 e. The van der Waals surface area contributed by atoms with Crippen LogP contribution in [0.25, 0.3) is 21.5 Å². The molecule has 0 N–H and O–H groups in total. The molecule has 0 spiro atoms. The molecule has 6 aromatic carbocycles. The first kappa shape index (κ1) is 30.6. The van der Waals surface area contributed by atoms with Crippen molar-refractivity contribution in [3.8, 4) is 0 Å². The molecule has 0 fully saturated rings. The minimum Gasteiger partial charge on any atom is -0.184 e. The standard InChI is InChI=1S/2C9H7.2C6H5.2ClH.Zr/c2*1-2-5-9-7-3-6-8(9)4-1;2*1-2-4-6-5-3-1;;;/h2*1-7H;2*1-5H;2*1H;/q4*-1;;;+4. The van der Waals surface area contributed by atoms with E-state index >= 15 is 0 Å². The Balaban J connectivity index is 0.000000409. The van der Waals surface area contributed by atoms with Crippen LogP contribution in [0.2, 0.25) is 0 Å². The molecule has 0 aliphatic heterocycles. The van der Waals surface area contributed by atoms with Crippen LogP contribution in [0.15, 0.2) is 146 Å². The summed E-state index contributed by atoms with van der Waals surface area (Å²) >= 11 is 0. The molecular formula is C30H26Cl2Zr. The summed E-state index contributed by atoms with van der Waals surface area (Å²) in [6.07, 6.45) is 0. The first-order valence-electron chi connectivity index (χ1n) is 9.96. The van der Waals surface area contributed by atoms with E-state index in [-0.39, 0.29) is 51.0 Å². The smallest absolute Gasteiger partial charge is 0.184 e. The summed E-state index contributed by atoms with van der Waals surface area (Å²) in [6.45, 7) is 0. The van der Waals surface area contributed by atoms with Crippen molar-refractivity contribution in [3.63, 3.8) is 0 Å². The maximum absolute atomic E-state index is 2.89. The van der Waals surface area contributed by atoms with E-state index < -0.39 is 0 Å². The van der Waals surface area contributed by atoms with Crippen molar-refractivity contribution in [1.82, 2.24) is 0 Å². The van der Waals surface area contributed by atoms with Crippen molar-refractivity contribution in [2.75, 3.05) is 0 Å². The Labute approximate surface area is 229 Å². The fourth-order valence-electron chi connectivity index (χ4n) is 2.82. The maximum atomic E-state index is 2.89. The van der Waals surface area contributed by atoms with Gasteiger partial charge in [-0.25, -0.2) is 0 Å². The van der Waals surface area contributed by atoms with Gasteiger partial charge >= 0.3 is 26.2 Å². The zero-order valence-corrected chi connectivity index (χ0v) is 22.3. The molecule has 0 heterocycles. The van der Waals surface area contributed by atoms with Gasteiger partial charge < -0.3 is 0 Å². The summed E-state index contributed by atoms with van der Waals surface area (Å²) in [6, 6.07) is 54.3. The van der Waals surface area contributed by atoms with Gasteiger partial charge in [-0.15, -0.1) is 84.1 Å². The molecule has 6 rings (SSSR count). The second kappa shape index (κ2) is 19.1. The summed E-state index contributed by atoms with van der Waals surface area (Å²) in [7, 11) is 0. The van der Waals surface area contributed by atoms with Gasteiger partial charge in [0.1, 0.15) is 0 Å². The number of halogens is 2. The molecule has 0 unspecified atom stereocenters. The second-order valence-electron chi connectivity index (χ2n) is 6.46. The third-order valence-electron chi connectivity index (χ3n) is 4.31. The van der Waals surface area contributed by atoms with Gasteiger partial charge in [0.15, 0.2) is 0 Å². The van der Waals surface area contributed by atoms with Gasteiger partial charge in [-0.2, -0.15) is 108 Å². The second-order valence-corrected chi connectivity index (χ2v) is 6.46. The van der Waals surface area contributed by atoms with Crippen LogP contribution in [0.5, 0.6) is 0 Å². The quantitative estimate of drug-likeness (QED) is 0.166. The van der Waals surface area contributed by atoms with E-state index in [4.69, 9.17) is 0 Å². The molecule has 0 atom stereocenters. The van der Waals surface area contributed by atoms with E-state index in [1.54, 1.807) is 0 Å². The fraction of sp³-hybridized carbons (Fsp3) is 0. The van der Waals surface area contributed by atoms with Crippen LogP contribution in [0, 0.1) is 12.1 Å². The van der Waals surface area contributed by atoms with Crippen molar-refractivity contribution in [1.29, 1.82) is 0 Å². The first-order chi connectivity index (χ1) is 14.9. The van der Waals surface area contributed by atoms with Crippen LogP contribution in [-0.2, 0) is 26.2 Å². The SMILES string of the molecule is Cl.Cl.[Zr+4].[c-]1ccccc1.[c-]1ccccc1.c1ccc2[cH-]ccc2c1.c1ccc2[cH-]ccc2c1. The molecule has 6 aromatic rings. The number of rotatable bonds is 0. The van der Waals surface area contributed by atoms with E-state index in [1.165, 1.54) is 21.5 Å². The van der Waals surface area contributed by atoms with E-state index in [0.717, 1.165) is 0 Å². The zero-order valence-electron chi connectivity index (χ0n) is 18.2. The van der Waals surface area contributed by atoms with Crippen LogP contribution >= 0.6 is 24.8 Å². The molecule has 0 bridgehead atoms. The van der Waals surface area contributed by atoms with Crippen molar-refractivity contribution < 1.29 is 26.2 Å². The fourth-order valence-corrected chi connectivity index (χ4v) is 2.82. The minimum absolute atomic E-state index is 0. The van der Waals surface area contributed by atoms with Crippen molar-refractivity contribution in [2.24, 2.45) is 0 Å². The molecular weight excluding hydrogens is 522 g/mol. The Morgan fingerprint density at radius 2 is 0.788 bits per heavy atom. The zero-order chi connectivity index (χ0) is 20.7. The van der Waals surface area contributed by atoms with Crippen molar-refractivity contribution in [2.45, 2.75) is 0 Å². The molecule has 0 saturated carbocycles. The van der Waals surface area contributed by atoms with Gasteiger partial charge in [-0.3, -0.25) is 0 Å². The monoisotopic (exact) mass is 546 g/mol. The summed E-state index contributed by atoms with van der Waals surface area (Å²) in [5.74, 6) is 0. The summed E-state index contributed by atoms with van der Waals surface area (Å²) < 4.78 is 0. The molecule has 3 heteroatoms. The average Bonchev–Trinajstić information content (AvgIpc) is 3.52. The molecule has 164 valence electrons. The largest absolute Gasteiger partial charge is 4.00 e. The van der Waals surface area contributed by atoms with E-state index in [0.29, 0.717) is 0 Å². The van der Waals surface area contributed by atoms with Crippen molar-refractivity contribution in [3.05, 3.63) is 158 Å². The van der Waals surface area contributed by atoms with Gasteiger partial charge in [0.05, 0.1) is 0 Å². The molecule has 33 heavy (non-hydrogen) atoms. The molecule has 0 radical (unpaired) electrons. The van der Waals surface area contributed by atoms with Gasteiger partial charge in [0, 0.05) is 0 Å². The number of fused-ring (bicyclic) bond motifs is 2. The molecule has 0 nitrogen and oxygen atoms in total. The minimum atomic E-state index is 0. The van der Waals surface area contributed by atoms with Crippen LogP contribution in [-0.4, -0.2) is 0 Å². The third kappa shape index (κ3) is 11.8. The van der Waals surface area contributed by atoms with E-state index in [1.807, 2.05) is 60.7 Å². The van der Waals surface area contributed by atoms with Gasteiger partial charge in [-0.1, -0.05) is 12.1 Å². The topological polar surface area (TPSA) is 0 Å². The van der Waals surface area contributed by atoms with Crippen LogP contribution in [0.1, 0.15) is 0 Å². The summed E-state index contributed by atoms with van der Waals surface area (Å²) in [4.78, 5) is 0. The Kier molecular flexibility index (Phi) is 17.7. The summed E-state index contributed by atoms with van der Waals surface area (Å²) in [5.41, 5.74) is 0. The Morgan fingerprint density at radius 1 is 0.424 bits per heavy atom. The molecule has 0 amide bonds. The normalized spacial score (nSPS) is 8.48. The Bertz CT molecular complexity index is 984. The predicted octanol–water partition coefficient (Wildman–Crippen LogP) is 8.93. The van der Waals surface area contributed by atoms with Gasteiger partial charge in [0.25, 0.3) is 0 Å². The predicted molar refractivity (Wildman–Crippen MR) is 144 cm³/mol. The van der Waals surface area contributed by atoms with Crippen LogP contribution in [0.3, 0.4) is 0 Å².